The molecule has 0 bridgehead atoms. The average Bonchev–Trinajstić information content (AvgIpc) is 2.83. The highest BCUT2D eigenvalue weighted by atomic mass is 16.4. The fourth-order valence-corrected chi connectivity index (χ4v) is 3.28. The molecule has 0 amide bonds. The van der Waals surface area contributed by atoms with Gasteiger partial charge < -0.3 is 5.11 Å². The van der Waals surface area contributed by atoms with Crippen LogP contribution in [0.15, 0.2) is 12.3 Å². The first-order chi connectivity index (χ1) is 9.49. The Morgan fingerprint density at radius 1 is 1.55 bits per heavy atom. The SMILES string of the molecule is CC(CC(=O)O)C1CCCN(C(C)c2ccnn2C)C1. The van der Waals surface area contributed by atoms with Crippen LogP contribution in [0.25, 0.3) is 0 Å². The first kappa shape index (κ1) is 15.0. The van der Waals surface area contributed by atoms with Gasteiger partial charge >= 0.3 is 5.97 Å². The predicted molar refractivity (Wildman–Crippen MR) is 77.3 cm³/mol. The third kappa shape index (κ3) is 3.39. The fourth-order valence-electron chi connectivity index (χ4n) is 3.28. The van der Waals surface area contributed by atoms with Gasteiger partial charge in [-0.25, -0.2) is 0 Å². The summed E-state index contributed by atoms with van der Waals surface area (Å²) in [6.07, 6.45) is 4.40. The molecular weight excluding hydrogens is 254 g/mol. The van der Waals surface area contributed by atoms with Crippen LogP contribution in [0.3, 0.4) is 0 Å². The molecule has 3 unspecified atom stereocenters. The standard InChI is InChI=1S/C15H25N3O2/c1-11(9-15(19)20)13-5-4-8-18(10-13)12(2)14-6-7-16-17(14)3/h6-7,11-13H,4-5,8-10H2,1-3H3,(H,19,20). The van der Waals surface area contributed by atoms with Gasteiger partial charge in [0.05, 0.1) is 5.69 Å². The van der Waals surface area contributed by atoms with Gasteiger partial charge in [0, 0.05) is 32.3 Å². The molecule has 5 heteroatoms. The van der Waals surface area contributed by atoms with E-state index < -0.39 is 5.97 Å². The maximum atomic E-state index is 10.9. The molecule has 1 aliphatic heterocycles. The summed E-state index contributed by atoms with van der Waals surface area (Å²) in [6.45, 7) is 6.35. The maximum Gasteiger partial charge on any atom is 0.303 e. The van der Waals surface area contributed by atoms with Gasteiger partial charge in [0.25, 0.3) is 0 Å². The Balaban J connectivity index is 2.00. The van der Waals surface area contributed by atoms with Crippen LogP contribution in [0.5, 0.6) is 0 Å². The molecule has 1 fully saturated rings. The van der Waals surface area contributed by atoms with E-state index in [9.17, 15) is 4.79 Å². The zero-order valence-electron chi connectivity index (χ0n) is 12.6. The number of aliphatic carboxylic acids is 1. The van der Waals surface area contributed by atoms with Crippen LogP contribution in [0, 0.1) is 11.8 Å². The molecule has 1 aromatic rings. The lowest BCUT2D eigenvalue weighted by atomic mass is 9.84. The van der Waals surface area contributed by atoms with Gasteiger partial charge in [-0.1, -0.05) is 6.92 Å². The molecule has 20 heavy (non-hydrogen) atoms. The zero-order chi connectivity index (χ0) is 14.7. The molecule has 2 heterocycles. The van der Waals surface area contributed by atoms with Crippen LogP contribution in [0.2, 0.25) is 0 Å². The third-order valence-electron chi connectivity index (χ3n) is 4.63. The minimum atomic E-state index is -0.686. The maximum absolute atomic E-state index is 10.9. The minimum absolute atomic E-state index is 0.244. The highest BCUT2D eigenvalue weighted by Gasteiger charge is 2.29. The van der Waals surface area contributed by atoms with E-state index in [-0.39, 0.29) is 12.3 Å². The predicted octanol–water partition coefficient (Wildman–Crippen LogP) is 2.30. The van der Waals surface area contributed by atoms with Crippen LogP contribution in [0.1, 0.15) is 44.8 Å². The highest BCUT2D eigenvalue weighted by Crippen LogP contribution is 2.31. The Kier molecular flexibility index (Phi) is 4.81. The van der Waals surface area contributed by atoms with Gasteiger partial charge in [0.2, 0.25) is 0 Å². The van der Waals surface area contributed by atoms with Crippen molar-refractivity contribution in [2.75, 3.05) is 13.1 Å². The molecule has 1 aromatic heterocycles. The van der Waals surface area contributed by atoms with Gasteiger partial charge in [-0.3, -0.25) is 14.4 Å². The molecule has 2 rings (SSSR count). The topological polar surface area (TPSA) is 58.4 Å². The van der Waals surface area contributed by atoms with E-state index in [2.05, 4.69) is 29.9 Å². The summed E-state index contributed by atoms with van der Waals surface area (Å²) in [5.41, 5.74) is 1.22. The third-order valence-corrected chi connectivity index (χ3v) is 4.63. The molecule has 1 aliphatic rings. The van der Waals surface area contributed by atoms with Gasteiger partial charge in [0.15, 0.2) is 0 Å². The number of carboxylic acids is 1. The van der Waals surface area contributed by atoms with Crippen molar-refractivity contribution in [3.8, 4) is 0 Å². The van der Waals surface area contributed by atoms with Crippen molar-refractivity contribution in [3.05, 3.63) is 18.0 Å². The molecule has 0 spiro atoms. The van der Waals surface area contributed by atoms with Gasteiger partial charge in [-0.05, 0) is 44.2 Å². The van der Waals surface area contributed by atoms with Crippen molar-refractivity contribution in [3.63, 3.8) is 0 Å². The van der Waals surface area contributed by atoms with E-state index in [1.807, 2.05) is 17.9 Å². The minimum Gasteiger partial charge on any atom is -0.481 e. The van der Waals surface area contributed by atoms with Gasteiger partial charge in [-0.2, -0.15) is 5.10 Å². The first-order valence-corrected chi connectivity index (χ1v) is 7.42. The molecule has 3 atom stereocenters. The van der Waals surface area contributed by atoms with Crippen LogP contribution < -0.4 is 0 Å². The first-order valence-electron chi connectivity index (χ1n) is 7.42. The van der Waals surface area contributed by atoms with Crippen molar-refractivity contribution < 1.29 is 9.90 Å². The van der Waals surface area contributed by atoms with Crippen molar-refractivity contribution in [1.82, 2.24) is 14.7 Å². The molecule has 1 saturated heterocycles. The van der Waals surface area contributed by atoms with E-state index in [0.717, 1.165) is 25.9 Å². The number of carboxylic acid groups (broad SMARTS) is 1. The lowest BCUT2D eigenvalue weighted by Crippen LogP contribution is -2.40. The summed E-state index contributed by atoms with van der Waals surface area (Å²) >= 11 is 0. The van der Waals surface area contributed by atoms with Gasteiger partial charge in [0.1, 0.15) is 0 Å². The number of piperidine rings is 1. The van der Waals surface area contributed by atoms with E-state index in [0.29, 0.717) is 12.0 Å². The second kappa shape index (κ2) is 6.39. The molecule has 5 nitrogen and oxygen atoms in total. The van der Waals surface area contributed by atoms with E-state index in [1.54, 1.807) is 0 Å². The van der Waals surface area contributed by atoms with Crippen LogP contribution in [-0.4, -0.2) is 38.8 Å². The lowest BCUT2D eigenvalue weighted by molar-refractivity contribution is -0.138. The molecule has 0 radical (unpaired) electrons. The smallest absolute Gasteiger partial charge is 0.303 e. The summed E-state index contributed by atoms with van der Waals surface area (Å²) in [5.74, 6) is 0.0406. The highest BCUT2D eigenvalue weighted by molar-refractivity contribution is 5.67. The summed E-state index contributed by atoms with van der Waals surface area (Å²) in [7, 11) is 1.97. The summed E-state index contributed by atoms with van der Waals surface area (Å²) in [6, 6.07) is 2.40. The number of hydrogen-bond acceptors (Lipinski definition) is 3. The number of nitrogens with zero attached hydrogens (tertiary/aromatic N) is 3. The zero-order valence-corrected chi connectivity index (χ0v) is 12.6. The van der Waals surface area contributed by atoms with Crippen LogP contribution in [0.4, 0.5) is 0 Å². The number of hydrogen-bond donors (Lipinski definition) is 1. The van der Waals surface area contributed by atoms with Crippen LogP contribution in [-0.2, 0) is 11.8 Å². The average molecular weight is 279 g/mol. The van der Waals surface area contributed by atoms with Crippen molar-refractivity contribution in [2.45, 2.75) is 39.2 Å². The second-order valence-corrected chi connectivity index (χ2v) is 6.03. The molecule has 112 valence electrons. The number of carbonyl (C=O) groups is 1. The molecule has 0 saturated carbocycles. The normalized spacial score (nSPS) is 23.4. The summed E-state index contributed by atoms with van der Waals surface area (Å²) in [5, 5.41) is 13.2. The Morgan fingerprint density at radius 2 is 2.30 bits per heavy atom. The number of aryl methyl sites for hydroxylation is 1. The van der Waals surface area contributed by atoms with E-state index in [4.69, 9.17) is 5.11 Å². The number of rotatable bonds is 5. The largest absolute Gasteiger partial charge is 0.481 e. The van der Waals surface area contributed by atoms with Crippen molar-refractivity contribution in [2.24, 2.45) is 18.9 Å². The number of aromatic nitrogens is 2. The summed E-state index contributed by atoms with van der Waals surface area (Å²) < 4.78 is 1.93. The Morgan fingerprint density at radius 3 is 2.90 bits per heavy atom. The molecule has 1 N–H and O–H groups in total. The molecular formula is C15H25N3O2. The van der Waals surface area contributed by atoms with Crippen molar-refractivity contribution >= 4 is 5.97 Å². The lowest BCUT2D eigenvalue weighted by Gasteiger charge is -2.38. The van der Waals surface area contributed by atoms with Crippen molar-refractivity contribution in [1.29, 1.82) is 0 Å². The number of likely N-dealkylation sites (tertiary alicyclic amines) is 1. The quantitative estimate of drug-likeness (QED) is 0.898. The van der Waals surface area contributed by atoms with E-state index >= 15 is 0 Å². The summed E-state index contributed by atoms with van der Waals surface area (Å²) in [4.78, 5) is 13.3. The Hall–Kier alpha value is -1.36. The monoisotopic (exact) mass is 279 g/mol. The second-order valence-electron chi connectivity index (χ2n) is 6.03. The Bertz CT molecular complexity index is 458. The van der Waals surface area contributed by atoms with E-state index in [1.165, 1.54) is 5.69 Å². The molecule has 0 aliphatic carbocycles. The fraction of sp³-hybridized carbons (Fsp3) is 0.733. The van der Waals surface area contributed by atoms with Gasteiger partial charge in [-0.15, -0.1) is 0 Å². The molecule has 0 aromatic carbocycles. The Labute approximate surface area is 120 Å². The van der Waals surface area contributed by atoms with Crippen LogP contribution >= 0.6 is 0 Å².